The lowest BCUT2D eigenvalue weighted by atomic mass is 10.1. The van der Waals surface area contributed by atoms with Crippen LogP contribution in [0.4, 0.5) is 5.82 Å². The topological polar surface area (TPSA) is 91.5 Å². The maximum Gasteiger partial charge on any atom is 0.354 e. The number of anilines is 1. The molecule has 0 bridgehead atoms. The van der Waals surface area contributed by atoms with Gasteiger partial charge in [0.1, 0.15) is 23.0 Å². The van der Waals surface area contributed by atoms with E-state index in [4.69, 9.17) is 19.9 Å². The molecule has 0 unspecified atom stereocenters. The molecule has 8 heteroatoms. The highest BCUT2D eigenvalue weighted by Crippen LogP contribution is 2.35. The predicted molar refractivity (Wildman–Crippen MR) is 125 cm³/mol. The number of aryl methyl sites for hydroxylation is 2. The van der Waals surface area contributed by atoms with Crippen molar-refractivity contribution in [3.8, 4) is 11.5 Å². The van der Waals surface area contributed by atoms with Gasteiger partial charge in [-0.2, -0.15) is 0 Å². The van der Waals surface area contributed by atoms with Crippen LogP contribution in [-0.2, 0) is 18.2 Å². The summed E-state index contributed by atoms with van der Waals surface area (Å²) in [7, 11) is 4.78. The molecule has 4 rings (SSSR count). The number of H-pyrrole nitrogens is 1. The van der Waals surface area contributed by atoms with Gasteiger partial charge in [-0.05, 0) is 37.1 Å². The zero-order valence-electron chi connectivity index (χ0n) is 17.7. The third-order valence-electron chi connectivity index (χ3n) is 5.41. The monoisotopic (exact) mass is 443 g/mol. The van der Waals surface area contributed by atoms with Crippen LogP contribution in [-0.4, -0.2) is 36.3 Å². The Kier molecular flexibility index (Phi) is 6.65. The molecule has 4 aromatic rings. The van der Waals surface area contributed by atoms with E-state index in [-0.39, 0.29) is 12.4 Å². The lowest BCUT2D eigenvalue weighted by Gasteiger charge is -2.11. The smallest absolute Gasteiger partial charge is 0.354 e. The molecule has 3 N–H and O–H groups in total. The Morgan fingerprint density at radius 1 is 1.10 bits per heavy atom. The van der Waals surface area contributed by atoms with Gasteiger partial charge in [0.2, 0.25) is 0 Å². The number of halogens is 1. The molecule has 0 radical (unpaired) electrons. The Labute approximate surface area is 186 Å². The first-order valence-corrected chi connectivity index (χ1v) is 9.77. The second-order valence-electron chi connectivity index (χ2n) is 7.12. The largest absolute Gasteiger partial charge is 0.495 e. The van der Waals surface area contributed by atoms with E-state index in [2.05, 4.69) is 11.1 Å². The molecule has 0 saturated heterocycles. The number of benzene rings is 2. The predicted octanol–water partition coefficient (Wildman–Crippen LogP) is 4.47. The van der Waals surface area contributed by atoms with E-state index in [0.717, 1.165) is 40.2 Å². The summed E-state index contributed by atoms with van der Waals surface area (Å²) in [5.41, 5.74) is 9.54. The molecule has 2 aromatic carbocycles. The Bertz CT molecular complexity index is 1230. The van der Waals surface area contributed by atoms with Crippen molar-refractivity contribution in [3.05, 3.63) is 53.7 Å². The molecular formula is C23H26ClN3O4. The SMILES string of the molecule is COC(=O)c1cc2c(OCCCc3c(N)[nH]c4ccccc34)ccc(OC)c2n1C.Cl. The number of methoxy groups -OCH3 is 2. The van der Waals surface area contributed by atoms with Crippen molar-refractivity contribution < 1.29 is 19.0 Å². The van der Waals surface area contributed by atoms with E-state index in [1.165, 1.54) is 7.11 Å². The molecule has 0 aliphatic heterocycles. The molecule has 0 fully saturated rings. The summed E-state index contributed by atoms with van der Waals surface area (Å²) < 4.78 is 18.2. The lowest BCUT2D eigenvalue weighted by Crippen LogP contribution is -2.07. The minimum absolute atomic E-state index is 0. The molecule has 0 aliphatic rings. The van der Waals surface area contributed by atoms with E-state index in [0.29, 0.717) is 29.6 Å². The number of aromatic nitrogens is 2. The number of aromatic amines is 1. The number of nitrogens with two attached hydrogens (primary N) is 1. The number of carbonyl (C=O) groups excluding carboxylic acids is 1. The van der Waals surface area contributed by atoms with E-state index in [1.54, 1.807) is 24.8 Å². The summed E-state index contributed by atoms with van der Waals surface area (Å²) in [6, 6.07) is 13.6. The molecule has 0 aliphatic carbocycles. The first kappa shape index (κ1) is 22.4. The van der Waals surface area contributed by atoms with Gasteiger partial charge in [-0.15, -0.1) is 12.4 Å². The molecule has 2 heterocycles. The summed E-state index contributed by atoms with van der Waals surface area (Å²) in [4.78, 5) is 15.3. The van der Waals surface area contributed by atoms with Gasteiger partial charge < -0.3 is 29.5 Å². The number of rotatable bonds is 7. The number of hydrogen-bond donors (Lipinski definition) is 2. The van der Waals surface area contributed by atoms with Gasteiger partial charge in [-0.25, -0.2) is 4.79 Å². The Balaban J connectivity index is 0.00000272. The molecule has 0 spiro atoms. The first-order chi connectivity index (χ1) is 14.5. The molecule has 7 nitrogen and oxygen atoms in total. The van der Waals surface area contributed by atoms with Crippen molar-refractivity contribution in [3.63, 3.8) is 0 Å². The molecule has 0 amide bonds. The van der Waals surface area contributed by atoms with Crippen molar-refractivity contribution in [2.75, 3.05) is 26.6 Å². The number of nitrogens with one attached hydrogen (secondary N) is 1. The van der Waals surface area contributed by atoms with Crippen LogP contribution in [0.3, 0.4) is 0 Å². The number of ether oxygens (including phenoxy) is 3. The maximum absolute atomic E-state index is 12.1. The van der Waals surface area contributed by atoms with Crippen LogP contribution in [0.25, 0.3) is 21.8 Å². The second kappa shape index (κ2) is 9.22. The first-order valence-electron chi connectivity index (χ1n) is 9.77. The Morgan fingerprint density at radius 3 is 2.58 bits per heavy atom. The summed E-state index contributed by atoms with van der Waals surface area (Å²) in [5.74, 6) is 1.66. The Morgan fingerprint density at radius 2 is 1.84 bits per heavy atom. The van der Waals surface area contributed by atoms with Gasteiger partial charge in [-0.1, -0.05) is 18.2 Å². The van der Waals surface area contributed by atoms with E-state index < -0.39 is 5.97 Å². The summed E-state index contributed by atoms with van der Waals surface area (Å²) in [5, 5.41) is 1.96. The normalized spacial score (nSPS) is 10.8. The molecule has 2 aromatic heterocycles. The van der Waals surface area contributed by atoms with Crippen LogP contribution in [0.15, 0.2) is 42.5 Å². The van der Waals surface area contributed by atoms with Gasteiger partial charge in [0.25, 0.3) is 0 Å². The van der Waals surface area contributed by atoms with Crippen LogP contribution < -0.4 is 15.2 Å². The standard InChI is InChI=1S/C23H25N3O4.ClH/c1-26-18(23(27)29-3)13-16-19(10-11-20(28-2)21(16)26)30-12-6-8-15-14-7-4-5-9-17(14)25-22(15)24;/h4-5,7,9-11,13,25H,6,8,12,24H2,1-3H3;1H. The number of nitrogen functional groups attached to an aromatic ring is 1. The zero-order valence-corrected chi connectivity index (χ0v) is 18.5. The number of carbonyl (C=O) groups is 1. The number of hydrogen-bond acceptors (Lipinski definition) is 5. The van der Waals surface area contributed by atoms with Gasteiger partial charge >= 0.3 is 5.97 Å². The number of nitrogens with zero attached hydrogens (tertiary/aromatic N) is 1. The minimum atomic E-state index is -0.406. The van der Waals surface area contributed by atoms with Crippen LogP contribution in [0, 0.1) is 0 Å². The molecule has 31 heavy (non-hydrogen) atoms. The fraction of sp³-hybridized carbons (Fsp3) is 0.261. The Hall–Kier alpha value is -3.32. The van der Waals surface area contributed by atoms with E-state index >= 15 is 0 Å². The van der Waals surface area contributed by atoms with Crippen molar-refractivity contribution in [2.45, 2.75) is 12.8 Å². The van der Waals surface area contributed by atoms with E-state index in [9.17, 15) is 4.79 Å². The third kappa shape index (κ3) is 4.01. The van der Waals surface area contributed by atoms with Gasteiger partial charge in [0, 0.05) is 28.9 Å². The molecule has 164 valence electrons. The summed E-state index contributed by atoms with van der Waals surface area (Å²) in [6.45, 7) is 0.517. The van der Waals surface area contributed by atoms with E-state index in [1.807, 2.05) is 30.3 Å². The molecular weight excluding hydrogens is 418 g/mol. The van der Waals surface area contributed by atoms with Crippen molar-refractivity contribution in [2.24, 2.45) is 7.05 Å². The highest BCUT2D eigenvalue weighted by atomic mass is 35.5. The average Bonchev–Trinajstić information content (AvgIpc) is 3.27. The van der Waals surface area contributed by atoms with Crippen LogP contribution in [0.2, 0.25) is 0 Å². The zero-order chi connectivity index (χ0) is 21.3. The molecule has 0 atom stereocenters. The number of fused-ring (bicyclic) bond motifs is 2. The number of esters is 1. The highest BCUT2D eigenvalue weighted by molar-refractivity contribution is 6.00. The average molecular weight is 444 g/mol. The molecule has 0 saturated carbocycles. The maximum atomic E-state index is 12.1. The fourth-order valence-electron chi connectivity index (χ4n) is 3.92. The van der Waals surface area contributed by atoms with Crippen LogP contribution in [0.1, 0.15) is 22.5 Å². The van der Waals surface area contributed by atoms with Gasteiger partial charge in [0.15, 0.2) is 0 Å². The van der Waals surface area contributed by atoms with Crippen molar-refractivity contribution >= 4 is 46.0 Å². The van der Waals surface area contributed by atoms with Crippen LogP contribution >= 0.6 is 12.4 Å². The van der Waals surface area contributed by atoms with Gasteiger partial charge in [0.05, 0.1) is 26.3 Å². The summed E-state index contributed by atoms with van der Waals surface area (Å²) in [6.07, 6.45) is 1.60. The van der Waals surface area contributed by atoms with Crippen molar-refractivity contribution in [1.82, 2.24) is 9.55 Å². The number of para-hydroxylation sites is 1. The minimum Gasteiger partial charge on any atom is -0.495 e. The fourth-order valence-corrected chi connectivity index (χ4v) is 3.92. The lowest BCUT2D eigenvalue weighted by molar-refractivity contribution is 0.0590. The third-order valence-corrected chi connectivity index (χ3v) is 5.41. The highest BCUT2D eigenvalue weighted by Gasteiger charge is 2.19. The van der Waals surface area contributed by atoms with Crippen molar-refractivity contribution in [1.29, 1.82) is 0 Å². The van der Waals surface area contributed by atoms with Gasteiger partial charge in [-0.3, -0.25) is 0 Å². The summed E-state index contributed by atoms with van der Waals surface area (Å²) >= 11 is 0. The quantitative estimate of drug-likeness (QED) is 0.325. The second-order valence-corrected chi connectivity index (χ2v) is 7.12. The van der Waals surface area contributed by atoms with Crippen LogP contribution in [0.5, 0.6) is 11.5 Å².